The maximum Gasteiger partial charge on any atom is 0.411 e. The average Bonchev–Trinajstić information content (AvgIpc) is 3.06. The van der Waals surface area contributed by atoms with Crippen LogP contribution in [-0.2, 0) is 16.0 Å². The minimum atomic E-state index is -1.23. The van der Waals surface area contributed by atoms with Gasteiger partial charge in [0.05, 0.1) is 18.2 Å². The molecule has 3 amide bonds. The van der Waals surface area contributed by atoms with E-state index >= 15 is 0 Å². The lowest BCUT2D eigenvalue weighted by atomic mass is 10.0. The van der Waals surface area contributed by atoms with Gasteiger partial charge in [-0.2, -0.15) is 4.98 Å². The van der Waals surface area contributed by atoms with Gasteiger partial charge in [0.25, 0.3) is 5.95 Å². The summed E-state index contributed by atoms with van der Waals surface area (Å²) in [6, 6.07) is 13.0. The molecule has 0 saturated carbocycles. The van der Waals surface area contributed by atoms with Gasteiger partial charge in [-0.3, -0.25) is 14.9 Å². The highest BCUT2D eigenvalue weighted by Crippen LogP contribution is 2.22. The average molecular weight is 408 g/mol. The van der Waals surface area contributed by atoms with Crippen LogP contribution in [0.5, 0.6) is 0 Å². The van der Waals surface area contributed by atoms with Gasteiger partial charge < -0.3 is 15.3 Å². The first-order chi connectivity index (χ1) is 14.4. The fourth-order valence-electron chi connectivity index (χ4n) is 3.41. The summed E-state index contributed by atoms with van der Waals surface area (Å²) in [6.07, 6.45) is -0.945. The number of nitrogens with one attached hydrogen (secondary N) is 2. The van der Waals surface area contributed by atoms with E-state index in [9.17, 15) is 14.4 Å². The van der Waals surface area contributed by atoms with Crippen LogP contribution >= 0.6 is 0 Å². The molecule has 0 atom stereocenters. The SMILES string of the molecule is CC(=O)NC1CN(C(=O)Cc2ccc(-c3cccc4nc(NC(=O)O)nn34)cc2)C1. The molecule has 4 rings (SSSR count). The van der Waals surface area contributed by atoms with Crippen LogP contribution in [0, 0.1) is 0 Å². The number of likely N-dealkylation sites (tertiary alicyclic amines) is 1. The second kappa shape index (κ2) is 7.82. The number of nitrogens with zero attached hydrogens (tertiary/aromatic N) is 4. The first kappa shape index (κ1) is 19.4. The van der Waals surface area contributed by atoms with Crippen LogP contribution in [-0.4, -0.2) is 61.6 Å². The molecule has 3 N–H and O–H groups in total. The lowest BCUT2D eigenvalue weighted by Crippen LogP contribution is -2.60. The van der Waals surface area contributed by atoms with Gasteiger partial charge in [-0.05, 0) is 17.7 Å². The highest BCUT2D eigenvalue weighted by atomic mass is 16.4. The number of carbonyl (C=O) groups excluding carboxylic acids is 2. The van der Waals surface area contributed by atoms with E-state index < -0.39 is 6.09 Å². The summed E-state index contributed by atoms with van der Waals surface area (Å²) in [5.74, 6) is -0.0626. The van der Waals surface area contributed by atoms with Crippen molar-refractivity contribution in [3.63, 3.8) is 0 Å². The standard InChI is InChI=1S/C20H20N6O4/c1-12(27)21-15-10-25(11-15)18(28)9-13-5-7-14(8-6-13)16-3-2-4-17-22-19(23-20(29)30)24-26(16)17/h2-8,15H,9-11H2,1H3,(H,21,27)(H,23,24)(H,29,30). The molecule has 1 aromatic carbocycles. The summed E-state index contributed by atoms with van der Waals surface area (Å²) in [5.41, 5.74) is 3.00. The van der Waals surface area contributed by atoms with Crippen molar-refractivity contribution in [1.29, 1.82) is 0 Å². The largest absolute Gasteiger partial charge is 0.465 e. The molecule has 0 unspecified atom stereocenters. The van der Waals surface area contributed by atoms with Crippen LogP contribution in [0.25, 0.3) is 16.9 Å². The molecule has 10 heteroatoms. The zero-order valence-electron chi connectivity index (χ0n) is 16.2. The van der Waals surface area contributed by atoms with Crippen LogP contribution in [0.15, 0.2) is 42.5 Å². The Morgan fingerprint density at radius 1 is 1.13 bits per heavy atom. The van der Waals surface area contributed by atoms with Crippen molar-refractivity contribution in [2.75, 3.05) is 18.4 Å². The molecule has 1 aliphatic heterocycles. The Bertz CT molecular complexity index is 1120. The van der Waals surface area contributed by atoms with Crippen LogP contribution in [0.4, 0.5) is 10.7 Å². The minimum absolute atomic E-state index is 0.00396. The fraction of sp³-hybridized carbons (Fsp3) is 0.250. The Hall–Kier alpha value is -3.95. The summed E-state index contributed by atoms with van der Waals surface area (Å²) >= 11 is 0. The van der Waals surface area contributed by atoms with Gasteiger partial charge in [-0.1, -0.05) is 30.3 Å². The van der Waals surface area contributed by atoms with Gasteiger partial charge >= 0.3 is 6.09 Å². The van der Waals surface area contributed by atoms with Crippen molar-refractivity contribution in [3.05, 3.63) is 48.0 Å². The Morgan fingerprint density at radius 2 is 1.87 bits per heavy atom. The molecule has 0 spiro atoms. The predicted molar refractivity (Wildman–Crippen MR) is 108 cm³/mol. The van der Waals surface area contributed by atoms with E-state index in [-0.39, 0.29) is 30.2 Å². The summed E-state index contributed by atoms with van der Waals surface area (Å²) in [6.45, 7) is 2.55. The number of benzene rings is 1. The molecule has 1 saturated heterocycles. The number of carboxylic acid groups (broad SMARTS) is 1. The van der Waals surface area contributed by atoms with E-state index in [1.54, 1.807) is 15.5 Å². The van der Waals surface area contributed by atoms with E-state index in [1.165, 1.54) is 6.92 Å². The minimum Gasteiger partial charge on any atom is -0.465 e. The van der Waals surface area contributed by atoms with Crippen molar-refractivity contribution in [3.8, 4) is 11.3 Å². The molecule has 154 valence electrons. The van der Waals surface area contributed by atoms with Crippen molar-refractivity contribution < 1.29 is 19.5 Å². The lowest BCUT2D eigenvalue weighted by Gasteiger charge is -2.39. The van der Waals surface area contributed by atoms with Crippen molar-refractivity contribution >= 4 is 29.5 Å². The lowest BCUT2D eigenvalue weighted by molar-refractivity contribution is -0.137. The maximum atomic E-state index is 12.4. The maximum absolute atomic E-state index is 12.4. The summed E-state index contributed by atoms with van der Waals surface area (Å²) < 4.78 is 1.56. The summed E-state index contributed by atoms with van der Waals surface area (Å²) in [4.78, 5) is 40.1. The second-order valence-electron chi connectivity index (χ2n) is 7.12. The Labute approximate surface area is 171 Å². The third kappa shape index (κ3) is 4.07. The first-order valence-electron chi connectivity index (χ1n) is 9.39. The monoisotopic (exact) mass is 408 g/mol. The van der Waals surface area contributed by atoms with Gasteiger partial charge in [0.2, 0.25) is 11.8 Å². The third-order valence-electron chi connectivity index (χ3n) is 4.83. The molecule has 1 fully saturated rings. The normalized spacial score (nSPS) is 13.7. The number of hydrogen-bond donors (Lipinski definition) is 3. The van der Waals surface area contributed by atoms with Gasteiger partial charge in [0.1, 0.15) is 0 Å². The van der Waals surface area contributed by atoms with Crippen molar-refractivity contribution in [2.24, 2.45) is 0 Å². The molecule has 10 nitrogen and oxygen atoms in total. The Morgan fingerprint density at radius 3 is 2.53 bits per heavy atom. The van der Waals surface area contributed by atoms with E-state index in [0.717, 1.165) is 16.8 Å². The van der Waals surface area contributed by atoms with E-state index in [1.807, 2.05) is 36.4 Å². The van der Waals surface area contributed by atoms with Crippen LogP contribution in [0.2, 0.25) is 0 Å². The Balaban J connectivity index is 1.45. The highest BCUT2D eigenvalue weighted by molar-refractivity contribution is 5.81. The molecule has 3 heterocycles. The number of fused-ring (bicyclic) bond motifs is 1. The number of hydrogen-bond acceptors (Lipinski definition) is 5. The number of aromatic nitrogens is 3. The van der Waals surface area contributed by atoms with E-state index in [4.69, 9.17) is 5.11 Å². The van der Waals surface area contributed by atoms with Crippen LogP contribution < -0.4 is 10.6 Å². The number of rotatable bonds is 5. The van der Waals surface area contributed by atoms with Crippen LogP contribution in [0.1, 0.15) is 12.5 Å². The second-order valence-corrected chi connectivity index (χ2v) is 7.12. The summed E-state index contributed by atoms with van der Waals surface area (Å²) in [7, 11) is 0. The summed E-state index contributed by atoms with van der Waals surface area (Å²) in [5, 5.41) is 18.0. The smallest absolute Gasteiger partial charge is 0.411 e. The molecule has 0 radical (unpaired) electrons. The van der Waals surface area contributed by atoms with Gasteiger partial charge in [-0.25, -0.2) is 9.31 Å². The van der Waals surface area contributed by atoms with E-state index in [2.05, 4.69) is 20.7 Å². The van der Waals surface area contributed by atoms with Crippen LogP contribution in [0.3, 0.4) is 0 Å². The number of pyridine rings is 1. The highest BCUT2D eigenvalue weighted by Gasteiger charge is 2.30. The molecule has 0 aliphatic carbocycles. The van der Waals surface area contributed by atoms with Gasteiger partial charge in [0.15, 0.2) is 5.65 Å². The van der Waals surface area contributed by atoms with Gasteiger partial charge in [0, 0.05) is 25.6 Å². The zero-order chi connectivity index (χ0) is 21.3. The third-order valence-corrected chi connectivity index (χ3v) is 4.83. The predicted octanol–water partition coefficient (Wildman–Crippen LogP) is 1.38. The number of anilines is 1. The van der Waals surface area contributed by atoms with Crippen molar-refractivity contribution in [1.82, 2.24) is 24.8 Å². The fourth-order valence-corrected chi connectivity index (χ4v) is 3.41. The molecular weight excluding hydrogens is 388 g/mol. The van der Waals surface area contributed by atoms with Crippen molar-refractivity contribution in [2.45, 2.75) is 19.4 Å². The molecule has 2 aromatic heterocycles. The zero-order valence-corrected chi connectivity index (χ0v) is 16.2. The Kier molecular flexibility index (Phi) is 5.05. The number of carbonyl (C=O) groups is 3. The van der Waals surface area contributed by atoms with E-state index in [0.29, 0.717) is 18.7 Å². The molecule has 30 heavy (non-hydrogen) atoms. The molecule has 0 bridgehead atoms. The first-order valence-corrected chi connectivity index (χ1v) is 9.39. The molecule has 1 aliphatic rings. The quantitative estimate of drug-likeness (QED) is 0.585. The topological polar surface area (TPSA) is 129 Å². The molecule has 3 aromatic rings. The number of amides is 3. The molecular formula is C20H20N6O4. The van der Waals surface area contributed by atoms with Gasteiger partial charge in [-0.15, -0.1) is 5.10 Å².